The van der Waals surface area contributed by atoms with Gasteiger partial charge in [-0.3, -0.25) is 0 Å². The molecule has 1 atom stereocenters. The van der Waals surface area contributed by atoms with Crippen LogP contribution in [0.2, 0.25) is 0 Å². The molecule has 1 fully saturated rings. The Hall–Kier alpha value is -2.89. The van der Waals surface area contributed by atoms with Crippen LogP contribution in [0.15, 0.2) is 48.5 Å². The summed E-state index contributed by atoms with van der Waals surface area (Å²) in [6.45, 7) is 1.59. The number of carbonyl (C=O) groups excluding carboxylic acids is 1. The molecule has 0 aliphatic carbocycles. The Morgan fingerprint density at radius 2 is 1.79 bits per heavy atom. The lowest BCUT2D eigenvalue weighted by Crippen LogP contribution is -2.45. The van der Waals surface area contributed by atoms with Gasteiger partial charge in [-0.25, -0.2) is 13.6 Å². The largest absolute Gasteiger partial charge is 0.508 e. The van der Waals surface area contributed by atoms with Crippen molar-refractivity contribution in [3.8, 4) is 5.75 Å². The smallest absolute Gasteiger partial charge is 0.321 e. The van der Waals surface area contributed by atoms with Crippen molar-refractivity contribution in [2.24, 2.45) is 0 Å². The minimum absolute atomic E-state index is 0.0988. The molecule has 0 bridgehead atoms. The van der Waals surface area contributed by atoms with E-state index in [-0.39, 0.29) is 23.9 Å². The number of amides is 2. The van der Waals surface area contributed by atoms with Crippen LogP contribution in [0.4, 0.5) is 13.6 Å². The molecule has 6 heteroatoms. The second kappa shape index (κ2) is 7.62. The number of hydrogen-bond acceptors (Lipinski definition) is 2. The molecule has 1 saturated heterocycles. The van der Waals surface area contributed by atoms with E-state index in [4.69, 9.17) is 0 Å². The van der Waals surface area contributed by atoms with Crippen LogP contribution >= 0.6 is 0 Å². The molecule has 2 aliphatic heterocycles. The first-order valence-electron chi connectivity index (χ1n) is 9.54. The summed E-state index contributed by atoms with van der Waals surface area (Å²) in [6.07, 6.45) is 4.83. The van der Waals surface area contributed by atoms with Crippen molar-refractivity contribution in [3.63, 3.8) is 0 Å². The molecule has 1 N–H and O–H groups in total. The van der Waals surface area contributed by atoms with Crippen LogP contribution in [0.5, 0.6) is 5.75 Å². The average Bonchev–Trinajstić information content (AvgIpc) is 3.15. The van der Waals surface area contributed by atoms with Gasteiger partial charge in [-0.1, -0.05) is 30.3 Å². The van der Waals surface area contributed by atoms with Gasteiger partial charge < -0.3 is 14.9 Å². The molecule has 4 rings (SSSR count). The van der Waals surface area contributed by atoms with E-state index in [1.165, 1.54) is 12.1 Å². The van der Waals surface area contributed by atoms with Gasteiger partial charge in [-0.2, -0.15) is 0 Å². The van der Waals surface area contributed by atoms with Crippen LogP contribution < -0.4 is 0 Å². The van der Waals surface area contributed by atoms with Gasteiger partial charge in [0.05, 0.1) is 6.04 Å². The highest BCUT2D eigenvalue weighted by Crippen LogP contribution is 2.37. The summed E-state index contributed by atoms with van der Waals surface area (Å²) in [6, 6.07) is 10.2. The van der Waals surface area contributed by atoms with Crippen molar-refractivity contribution in [3.05, 3.63) is 71.3 Å². The molecule has 0 unspecified atom stereocenters. The van der Waals surface area contributed by atoms with E-state index in [1.54, 1.807) is 29.2 Å². The van der Waals surface area contributed by atoms with Gasteiger partial charge >= 0.3 is 6.03 Å². The van der Waals surface area contributed by atoms with E-state index in [2.05, 4.69) is 0 Å². The maximum Gasteiger partial charge on any atom is 0.321 e. The lowest BCUT2D eigenvalue weighted by molar-refractivity contribution is 0.143. The van der Waals surface area contributed by atoms with Crippen LogP contribution in [0.25, 0.3) is 5.57 Å². The van der Waals surface area contributed by atoms with Crippen molar-refractivity contribution >= 4 is 11.6 Å². The molecule has 0 spiro atoms. The second-order valence-corrected chi connectivity index (χ2v) is 7.29. The van der Waals surface area contributed by atoms with Crippen molar-refractivity contribution in [2.45, 2.75) is 25.3 Å². The minimum atomic E-state index is -0.909. The molecule has 0 saturated carbocycles. The Morgan fingerprint density at radius 3 is 2.54 bits per heavy atom. The number of rotatable bonds is 2. The standard InChI is InChI=1S/C22H22F2N2O2/c23-19-9-5-8-18(21(19)24)16-13-20(15-6-4-7-17(27)12-15)26(14-16)22(28)25-10-2-1-3-11-25/h4-9,12-13,20,27H,1-3,10-11,14H2/t20-/m0/s1. The number of halogens is 2. The van der Waals surface area contributed by atoms with Gasteiger partial charge in [0.25, 0.3) is 0 Å². The number of phenols is 1. The number of hydrogen-bond donors (Lipinski definition) is 1. The van der Waals surface area contributed by atoms with E-state index < -0.39 is 17.7 Å². The number of piperidine rings is 1. The van der Waals surface area contributed by atoms with Crippen LogP contribution in [-0.4, -0.2) is 40.6 Å². The number of phenolic OH excluding ortho intramolecular Hbond substituents is 1. The highest BCUT2D eigenvalue weighted by atomic mass is 19.2. The summed E-state index contributed by atoms with van der Waals surface area (Å²) in [4.78, 5) is 16.7. The third-order valence-corrected chi connectivity index (χ3v) is 5.42. The van der Waals surface area contributed by atoms with Gasteiger partial charge in [0.2, 0.25) is 0 Å². The highest BCUT2D eigenvalue weighted by Gasteiger charge is 2.34. The van der Waals surface area contributed by atoms with Gasteiger partial charge in [-0.15, -0.1) is 0 Å². The molecule has 28 heavy (non-hydrogen) atoms. The van der Waals surface area contributed by atoms with Crippen molar-refractivity contribution in [1.29, 1.82) is 0 Å². The summed E-state index contributed by atoms with van der Waals surface area (Å²) in [5.41, 5.74) is 1.46. The second-order valence-electron chi connectivity index (χ2n) is 7.29. The maximum absolute atomic E-state index is 14.4. The Morgan fingerprint density at radius 1 is 1.04 bits per heavy atom. The summed E-state index contributed by atoms with van der Waals surface area (Å²) < 4.78 is 28.1. The van der Waals surface area contributed by atoms with Crippen LogP contribution in [0, 0.1) is 11.6 Å². The zero-order valence-corrected chi connectivity index (χ0v) is 15.4. The summed E-state index contributed by atoms with van der Waals surface area (Å²) in [7, 11) is 0. The van der Waals surface area contributed by atoms with Crippen molar-refractivity contribution in [1.82, 2.24) is 9.80 Å². The highest BCUT2D eigenvalue weighted by molar-refractivity contribution is 5.82. The van der Waals surface area contributed by atoms with E-state index in [0.29, 0.717) is 18.7 Å². The lowest BCUT2D eigenvalue weighted by atomic mass is 10.0. The molecule has 0 aromatic heterocycles. The number of carbonyl (C=O) groups is 1. The molecule has 2 amide bonds. The topological polar surface area (TPSA) is 43.8 Å². The average molecular weight is 384 g/mol. The summed E-state index contributed by atoms with van der Waals surface area (Å²) in [5.74, 6) is -1.72. The molecule has 2 aromatic rings. The number of benzene rings is 2. The molecule has 146 valence electrons. The number of nitrogens with zero attached hydrogens (tertiary/aromatic N) is 2. The fourth-order valence-electron chi connectivity index (χ4n) is 3.98. The molecular weight excluding hydrogens is 362 g/mol. The summed E-state index contributed by atoms with van der Waals surface area (Å²) in [5, 5.41) is 9.87. The van der Waals surface area contributed by atoms with Crippen LogP contribution in [0.1, 0.15) is 36.4 Å². The zero-order chi connectivity index (χ0) is 19.7. The third-order valence-electron chi connectivity index (χ3n) is 5.42. The molecule has 4 nitrogen and oxygen atoms in total. The zero-order valence-electron chi connectivity index (χ0n) is 15.4. The maximum atomic E-state index is 14.4. The minimum Gasteiger partial charge on any atom is -0.508 e. The third kappa shape index (κ3) is 3.46. The normalized spacial score (nSPS) is 19.6. The predicted octanol–water partition coefficient (Wildman–Crippen LogP) is 4.72. The monoisotopic (exact) mass is 384 g/mol. The predicted molar refractivity (Wildman–Crippen MR) is 103 cm³/mol. The first kappa shape index (κ1) is 18.5. The van der Waals surface area contributed by atoms with Gasteiger partial charge in [0.1, 0.15) is 5.75 Å². The SMILES string of the molecule is O=C(N1CCCCC1)N1CC(c2cccc(F)c2F)=C[C@H]1c1cccc(O)c1. The van der Waals surface area contributed by atoms with Crippen LogP contribution in [-0.2, 0) is 0 Å². The quantitative estimate of drug-likeness (QED) is 0.814. The molecular formula is C22H22F2N2O2. The van der Waals surface area contributed by atoms with Crippen molar-refractivity contribution in [2.75, 3.05) is 19.6 Å². The number of likely N-dealkylation sites (tertiary alicyclic amines) is 1. The molecule has 0 radical (unpaired) electrons. The fourth-order valence-corrected chi connectivity index (χ4v) is 3.98. The molecule has 2 aliphatic rings. The lowest BCUT2D eigenvalue weighted by Gasteiger charge is -2.34. The fraction of sp³-hybridized carbons (Fsp3) is 0.318. The first-order valence-corrected chi connectivity index (χ1v) is 9.54. The Balaban J connectivity index is 1.71. The van der Waals surface area contributed by atoms with Gasteiger partial charge in [0, 0.05) is 25.2 Å². The van der Waals surface area contributed by atoms with Gasteiger partial charge in [0.15, 0.2) is 11.6 Å². The van der Waals surface area contributed by atoms with Crippen LogP contribution in [0.3, 0.4) is 0 Å². The first-order chi connectivity index (χ1) is 13.5. The van der Waals surface area contributed by atoms with E-state index in [0.717, 1.165) is 30.9 Å². The molecule has 2 heterocycles. The summed E-state index contributed by atoms with van der Waals surface area (Å²) >= 11 is 0. The van der Waals surface area contributed by atoms with E-state index >= 15 is 0 Å². The Bertz CT molecular complexity index is 923. The Labute approximate surface area is 162 Å². The number of aromatic hydroxyl groups is 1. The van der Waals surface area contributed by atoms with Gasteiger partial charge in [-0.05, 0) is 48.6 Å². The molecule has 2 aromatic carbocycles. The van der Waals surface area contributed by atoms with Crippen molar-refractivity contribution < 1.29 is 18.7 Å². The number of urea groups is 1. The Kier molecular flexibility index (Phi) is 5.03. The van der Waals surface area contributed by atoms with E-state index in [1.807, 2.05) is 11.0 Å². The van der Waals surface area contributed by atoms with E-state index in [9.17, 15) is 18.7 Å².